The third-order valence-corrected chi connectivity index (χ3v) is 2.95. The van der Waals surface area contributed by atoms with Crippen molar-refractivity contribution in [2.45, 2.75) is 25.4 Å². The Hall–Kier alpha value is -0.940. The Bertz CT molecular complexity index is 449. The summed E-state index contributed by atoms with van der Waals surface area (Å²) in [5, 5.41) is 2.07. The van der Waals surface area contributed by atoms with Gasteiger partial charge in [0.1, 0.15) is 0 Å². The lowest BCUT2D eigenvalue weighted by molar-refractivity contribution is -0.137. The fourth-order valence-electron chi connectivity index (χ4n) is 1.47. The fourth-order valence-corrected chi connectivity index (χ4v) is 1.88. The zero-order valence-electron chi connectivity index (χ0n) is 9.86. The zero-order valence-corrected chi connectivity index (χ0v) is 11.4. The molecule has 19 heavy (non-hydrogen) atoms. The van der Waals surface area contributed by atoms with E-state index in [1.165, 1.54) is 12.1 Å². The lowest BCUT2D eigenvalue weighted by Crippen LogP contribution is -2.16. The highest BCUT2D eigenvalue weighted by Crippen LogP contribution is 2.38. The molecule has 1 aromatic rings. The predicted molar refractivity (Wildman–Crippen MR) is 69.7 cm³/mol. The second kappa shape index (κ2) is 7.01. The molecule has 1 amide bonds. The second-order valence-corrected chi connectivity index (χ2v) is 4.64. The maximum absolute atomic E-state index is 12.8. The average molecular weight is 314 g/mol. The number of para-hydroxylation sites is 1. The first-order valence-electron chi connectivity index (χ1n) is 5.57. The Balaban J connectivity index is 2.85. The molecule has 0 radical (unpaired) electrons. The Labute approximate surface area is 118 Å². The number of nitrogens with one attached hydrogen (secondary N) is 1. The minimum absolute atomic E-state index is 0.106. The maximum atomic E-state index is 12.8. The molecule has 2 nitrogen and oxygen atoms in total. The van der Waals surface area contributed by atoms with Crippen LogP contribution < -0.4 is 5.32 Å². The molecular weight excluding hydrogens is 302 g/mol. The van der Waals surface area contributed by atoms with Gasteiger partial charge in [0.15, 0.2) is 0 Å². The average Bonchev–Trinajstić information content (AvgIpc) is 2.30. The van der Waals surface area contributed by atoms with Gasteiger partial charge in [-0.05, 0) is 25.0 Å². The summed E-state index contributed by atoms with van der Waals surface area (Å²) in [4.78, 5) is 11.5. The van der Waals surface area contributed by atoms with Gasteiger partial charge in [-0.25, -0.2) is 0 Å². The number of alkyl halides is 4. The summed E-state index contributed by atoms with van der Waals surface area (Å²) in [6.07, 6.45) is -3.32. The molecule has 0 unspecified atom stereocenters. The van der Waals surface area contributed by atoms with Gasteiger partial charge in [0, 0.05) is 12.3 Å². The van der Waals surface area contributed by atoms with E-state index in [0.29, 0.717) is 18.7 Å². The van der Waals surface area contributed by atoms with E-state index in [-0.39, 0.29) is 11.4 Å². The largest absolute Gasteiger partial charge is 0.418 e. The molecule has 0 aromatic heterocycles. The molecule has 0 saturated heterocycles. The SMILES string of the molecule is O=C(CCCCCl)Nc1c(Cl)cccc1C(F)(F)F. The van der Waals surface area contributed by atoms with Gasteiger partial charge in [0.2, 0.25) is 5.91 Å². The van der Waals surface area contributed by atoms with Gasteiger partial charge in [0.05, 0.1) is 16.3 Å². The van der Waals surface area contributed by atoms with Crippen molar-refractivity contribution < 1.29 is 18.0 Å². The van der Waals surface area contributed by atoms with Crippen LogP contribution in [0.25, 0.3) is 0 Å². The Kier molecular flexibility index (Phi) is 5.94. The molecule has 0 fully saturated rings. The van der Waals surface area contributed by atoms with Crippen LogP contribution in [0, 0.1) is 0 Å². The number of amides is 1. The number of halogens is 5. The van der Waals surface area contributed by atoms with E-state index in [1.807, 2.05) is 0 Å². The molecule has 1 N–H and O–H groups in total. The molecule has 1 rings (SSSR count). The van der Waals surface area contributed by atoms with Crippen LogP contribution in [-0.2, 0) is 11.0 Å². The van der Waals surface area contributed by atoms with Gasteiger partial charge in [0.25, 0.3) is 0 Å². The number of carbonyl (C=O) groups excluding carboxylic acids is 1. The van der Waals surface area contributed by atoms with Gasteiger partial charge in [-0.1, -0.05) is 17.7 Å². The molecule has 0 saturated carbocycles. The van der Waals surface area contributed by atoms with Crippen molar-refractivity contribution >= 4 is 34.8 Å². The van der Waals surface area contributed by atoms with Crippen LogP contribution in [0.15, 0.2) is 18.2 Å². The Morgan fingerprint density at radius 2 is 1.95 bits per heavy atom. The van der Waals surface area contributed by atoms with E-state index in [1.54, 1.807) is 0 Å². The molecule has 0 aliphatic heterocycles. The standard InChI is InChI=1S/C12H12Cl2F3NO/c13-7-2-1-6-10(19)18-11-8(12(15,16)17)4-3-5-9(11)14/h3-5H,1-2,6-7H2,(H,18,19). The topological polar surface area (TPSA) is 29.1 Å². The zero-order chi connectivity index (χ0) is 14.5. The number of carbonyl (C=O) groups is 1. The molecule has 106 valence electrons. The molecule has 0 heterocycles. The molecule has 0 atom stereocenters. The van der Waals surface area contributed by atoms with E-state index < -0.39 is 23.3 Å². The first kappa shape index (κ1) is 16.1. The van der Waals surface area contributed by atoms with Gasteiger partial charge < -0.3 is 5.32 Å². The minimum Gasteiger partial charge on any atom is -0.324 e. The number of hydrogen-bond donors (Lipinski definition) is 1. The van der Waals surface area contributed by atoms with Crippen molar-refractivity contribution in [3.8, 4) is 0 Å². The summed E-state index contributed by atoms with van der Waals surface area (Å²) in [6, 6.07) is 3.36. The number of rotatable bonds is 5. The lowest BCUT2D eigenvalue weighted by Gasteiger charge is -2.15. The highest BCUT2D eigenvalue weighted by atomic mass is 35.5. The summed E-state index contributed by atoms with van der Waals surface area (Å²) >= 11 is 11.2. The summed E-state index contributed by atoms with van der Waals surface area (Å²) in [7, 11) is 0. The van der Waals surface area contributed by atoms with E-state index >= 15 is 0 Å². The Morgan fingerprint density at radius 3 is 2.53 bits per heavy atom. The van der Waals surface area contributed by atoms with Crippen molar-refractivity contribution in [3.63, 3.8) is 0 Å². The van der Waals surface area contributed by atoms with Crippen LogP contribution in [0.3, 0.4) is 0 Å². The van der Waals surface area contributed by atoms with E-state index in [4.69, 9.17) is 23.2 Å². The number of anilines is 1. The summed E-state index contributed by atoms with van der Waals surface area (Å²) in [5.74, 6) is -0.101. The molecule has 0 spiro atoms. The summed E-state index contributed by atoms with van der Waals surface area (Å²) in [6.45, 7) is 0. The first-order chi connectivity index (χ1) is 8.86. The lowest BCUT2D eigenvalue weighted by atomic mass is 10.1. The van der Waals surface area contributed by atoms with Gasteiger partial charge in [-0.3, -0.25) is 4.79 Å². The van der Waals surface area contributed by atoms with Crippen molar-refractivity contribution in [2.24, 2.45) is 0 Å². The second-order valence-electron chi connectivity index (χ2n) is 3.85. The van der Waals surface area contributed by atoms with Crippen LogP contribution in [-0.4, -0.2) is 11.8 Å². The highest BCUT2D eigenvalue weighted by Gasteiger charge is 2.34. The van der Waals surface area contributed by atoms with Crippen LogP contribution >= 0.6 is 23.2 Å². The molecule has 1 aromatic carbocycles. The maximum Gasteiger partial charge on any atom is 0.418 e. The van der Waals surface area contributed by atoms with Gasteiger partial charge in [-0.2, -0.15) is 13.2 Å². The number of hydrogen-bond acceptors (Lipinski definition) is 1. The number of benzene rings is 1. The van der Waals surface area contributed by atoms with Gasteiger partial charge in [-0.15, -0.1) is 11.6 Å². The van der Waals surface area contributed by atoms with Crippen LogP contribution in [0.1, 0.15) is 24.8 Å². The first-order valence-corrected chi connectivity index (χ1v) is 6.49. The number of unbranched alkanes of at least 4 members (excludes halogenated alkanes) is 1. The van der Waals surface area contributed by atoms with Crippen molar-refractivity contribution in [1.82, 2.24) is 0 Å². The Morgan fingerprint density at radius 1 is 1.26 bits per heavy atom. The molecule has 7 heteroatoms. The van der Waals surface area contributed by atoms with Crippen molar-refractivity contribution in [2.75, 3.05) is 11.2 Å². The minimum atomic E-state index is -4.57. The quantitative estimate of drug-likeness (QED) is 0.619. The van der Waals surface area contributed by atoms with Crippen molar-refractivity contribution in [1.29, 1.82) is 0 Å². The van der Waals surface area contributed by atoms with E-state index in [2.05, 4.69) is 5.32 Å². The van der Waals surface area contributed by atoms with Crippen LogP contribution in [0.5, 0.6) is 0 Å². The highest BCUT2D eigenvalue weighted by molar-refractivity contribution is 6.34. The molecule has 0 aliphatic carbocycles. The monoisotopic (exact) mass is 313 g/mol. The third-order valence-electron chi connectivity index (χ3n) is 2.37. The third kappa shape index (κ3) is 4.91. The van der Waals surface area contributed by atoms with E-state index in [9.17, 15) is 18.0 Å². The van der Waals surface area contributed by atoms with Gasteiger partial charge >= 0.3 is 6.18 Å². The van der Waals surface area contributed by atoms with E-state index in [0.717, 1.165) is 6.07 Å². The fraction of sp³-hybridized carbons (Fsp3) is 0.417. The molecule has 0 aliphatic rings. The van der Waals surface area contributed by atoms with Crippen molar-refractivity contribution in [3.05, 3.63) is 28.8 Å². The summed E-state index contributed by atoms with van der Waals surface area (Å²) in [5.41, 5.74) is -1.35. The summed E-state index contributed by atoms with van der Waals surface area (Å²) < 4.78 is 38.3. The normalized spacial score (nSPS) is 11.4. The van der Waals surface area contributed by atoms with Crippen LogP contribution in [0.4, 0.5) is 18.9 Å². The molecule has 0 bridgehead atoms. The predicted octanol–water partition coefficient (Wildman–Crippen LogP) is 4.71. The molecular formula is C12H12Cl2F3NO. The van der Waals surface area contributed by atoms with Crippen LogP contribution in [0.2, 0.25) is 5.02 Å². The smallest absolute Gasteiger partial charge is 0.324 e.